The van der Waals surface area contributed by atoms with Crippen molar-refractivity contribution in [1.29, 1.82) is 0 Å². The zero-order valence-corrected chi connectivity index (χ0v) is 13.7. The van der Waals surface area contributed by atoms with E-state index in [2.05, 4.69) is 56.7 Å². The summed E-state index contributed by atoms with van der Waals surface area (Å²) >= 11 is 10.8. The first-order valence-electron chi connectivity index (χ1n) is 6.13. The van der Waals surface area contributed by atoms with Crippen LogP contribution in [0.1, 0.15) is 16.7 Å². The molecule has 0 saturated heterocycles. The number of aryl methyl sites for hydroxylation is 1. The summed E-state index contributed by atoms with van der Waals surface area (Å²) in [4.78, 5) is 6.03. The minimum absolute atomic E-state index is 0.777. The molecule has 19 heavy (non-hydrogen) atoms. The maximum absolute atomic E-state index is 5.43. The molecule has 0 aliphatic rings. The highest BCUT2D eigenvalue weighted by atomic mass is 79.9. The molecule has 2 heterocycles. The molecule has 0 fully saturated rings. The van der Waals surface area contributed by atoms with E-state index in [1.54, 1.807) is 0 Å². The number of benzene rings is 1. The quantitative estimate of drug-likeness (QED) is 0.647. The average molecular weight is 353 g/mol. The van der Waals surface area contributed by atoms with Crippen LogP contribution in [0.2, 0.25) is 0 Å². The molecule has 98 valence electrons. The van der Waals surface area contributed by atoms with E-state index in [-0.39, 0.29) is 0 Å². The molecule has 0 atom stereocenters. The third kappa shape index (κ3) is 2.55. The summed E-state index contributed by atoms with van der Waals surface area (Å²) in [6, 6.07) is 10.6. The van der Waals surface area contributed by atoms with Crippen molar-refractivity contribution in [3.8, 4) is 0 Å². The second-order valence-electron chi connectivity index (χ2n) is 4.40. The average Bonchev–Trinajstić information content (AvgIpc) is 2.95. The fourth-order valence-corrected chi connectivity index (χ4v) is 3.73. The van der Waals surface area contributed by atoms with Gasteiger partial charge >= 0.3 is 0 Å². The van der Waals surface area contributed by atoms with Gasteiger partial charge in [-0.2, -0.15) is 0 Å². The highest BCUT2D eigenvalue weighted by Gasteiger charge is 2.07. The van der Waals surface area contributed by atoms with Gasteiger partial charge in [0.25, 0.3) is 0 Å². The largest absolute Gasteiger partial charge is 0.331 e. The Balaban J connectivity index is 2.05. The van der Waals surface area contributed by atoms with Gasteiger partial charge in [-0.15, -0.1) is 11.3 Å². The fourth-order valence-electron chi connectivity index (χ4n) is 2.15. The Bertz CT molecular complexity index is 782. The molecule has 5 heteroatoms. The molecule has 0 aliphatic carbocycles. The zero-order chi connectivity index (χ0) is 13.4. The Morgan fingerprint density at radius 1 is 1.26 bits per heavy atom. The van der Waals surface area contributed by atoms with Crippen LogP contribution < -0.4 is 0 Å². The van der Waals surface area contributed by atoms with Crippen molar-refractivity contribution >= 4 is 50.5 Å². The van der Waals surface area contributed by atoms with Crippen LogP contribution in [-0.4, -0.2) is 9.55 Å². The molecule has 2 aromatic heterocycles. The van der Waals surface area contributed by atoms with Gasteiger partial charge in [0.2, 0.25) is 0 Å². The van der Waals surface area contributed by atoms with Gasteiger partial charge in [0, 0.05) is 14.2 Å². The van der Waals surface area contributed by atoms with Crippen molar-refractivity contribution < 1.29 is 0 Å². The second-order valence-corrected chi connectivity index (χ2v) is 6.95. The Morgan fingerprint density at radius 2 is 2.05 bits per heavy atom. The lowest BCUT2D eigenvalue weighted by atomic mass is 10.3. The fraction of sp³-hybridized carbons (Fsp3) is 0.214. The van der Waals surface area contributed by atoms with Gasteiger partial charge in [0.15, 0.2) is 4.77 Å². The van der Waals surface area contributed by atoms with Gasteiger partial charge in [-0.05, 0) is 49.0 Å². The monoisotopic (exact) mass is 352 g/mol. The number of aromatic amines is 1. The number of rotatable bonds is 3. The minimum Gasteiger partial charge on any atom is -0.331 e. The molecule has 1 aromatic carbocycles. The van der Waals surface area contributed by atoms with Crippen LogP contribution in [0.5, 0.6) is 0 Å². The number of nitrogens with one attached hydrogen (secondary N) is 1. The van der Waals surface area contributed by atoms with Gasteiger partial charge in [-0.3, -0.25) is 0 Å². The summed E-state index contributed by atoms with van der Waals surface area (Å²) in [5.74, 6) is 0. The number of thiophene rings is 1. The number of aromatic nitrogens is 2. The summed E-state index contributed by atoms with van der Waals surface area (Å²) in [5, 5.41) is 0. The van der Waals surface area contributed by atoms with Crippen LogP contribution in [-0.2, 0) is 13.0 Å². The lowest BCUT2D eigenvalue weighted by Gasteiger charge is -2.02. The third-order valence-electron chi connectivity index (χ3n) is 3.12. The molecule has 0 amide bonds. The van der Waals surface area contributed by atoms with Crippen molar-refractivity contribution in [3.05, 3.63) is 49.3 Å². The Kier molecular flexibility index (Phi) is 3.60. The van der Waals surface area contributed by atoms with Crippen molar-refractivity contribution in [3.63, 3.8) is 0 Å². The van der Waals surface area contributed by atoms with E-state index in [0.717, 1.165) is 33.2 Å². The number of H-pyrrole nitrogens is 1. The number of fused-ring (bicyclic) bond motifs is 1. The summed E-state index contributed by atoms with van der Waals surface area (Å²) in [5.41, 5.74) is 2.23. The normalized spacial score (nSPS) is 11.3. The number of imidazole rings is 1. The van der Waals surface area contributed by atoms with Crippen LogP contribution >= 0.6 is 39.5 Å². The summed E-state index contributed by atoms with van der Waals surface area (Å²) in [7, 11) is 0. The van der Waals surface area contributed by atoms with Crippen molar-refractivity contribution in [2.24, 2.45) is 0 Å². The molecule has 3 rings (SSSR count). The first-order chi connectivity index (χ1) is 9.17. The molecule has 3 aromatic rings. The Morgan fingerprint density at radius 3 is 2.79 bits per heavy atom. The SMILES string of the molecule is CCc1ccc(Cn2c(=S)[nH]c3cc(Br)ccc32)s1. The molecular weight excluding hydrogens is 340 g/mol. The Hall–Kier alpha value is -0.910. The van der Waals surface area contributed by atoms with E-state index >= 15 is 0 Å². The smallest absolute Gasteiger partial charge is 0.178 e. The third-order valence-corrected chi connectivity index (χ3v) is 5.15. The number of hydrogen-bond donors (Lipinski definition) is 1. The van der Waals surface area contributed by atoms with E-state index < -0.39 is 0 Å². The van der Waals surface area contributed by atoms with Crippen LogP contribution in [0.25, 0.3) is 11.0 Å². The summed E-state index contributed by atoms with van der Waals surface area (Å²) in [6.07, 6.45) is 1.09. The molecule has 0 unspecified atom stereocenters. The van der Waals surface area contributed by atoms with E-state index in [4.69, 9.17) is 12.2 Å². The molecule has 0 aliphatic heterocycles. The van der Waals surface area contributed by atoms with Crippen LogP contribution in [0.15, 0.2) is 34.8 Å². The maximum atomic E-state index is 5.43. The number of hydrogen-bond acceptors (Lipinski definition) is 2. The van der Waals surface area contributed by atoms with Crippen molar-refractivity contribution in [2.75, 3.05) is 0 Å². The predicted molar refractivity (Wildman–Crippen MR) is 87.6 cm³/mol. The second kappa shape index (κ2) is 5.23. The lowest BCUT2D eigenvalue weighted by Crippen LogP contribution is -1.97. The molecule has 0 radical (unpaired) electrons. The Labute approximate surface area is 129 Å². The van der Waals surface area contributed by atoms with E-state index in [0.29, 0.717) is 0 Å². The van der Waals surface area contributed by atoms with E-state index in [9.17, 15) is 0 Å². The van der Waals surface area contributed by atoms with Gasteiger partial charge < -0.3 is 9.55 Å². The summed E-state index contributed by atoms with van der Waals surface area (Å²) in [6.45, 7) is 3.02. The topological polar surface area (TPSA) is 20.7 Å². The molecule has 2 nitrogen and oxygen atoms in total. The summed E-state index contributed by atoms with van der Waals surface area (Å²) < 4.78 is 4.00. The van der Waals surface area contributed by atoms with Crippen molar-refractivity contribution in [2.45, 2.75) is 19.9 Å². The standard InChI is InChI=1S/C14H13BrN2S2/c1-2-10-4-5-11(19-10)8-17-13-6-3-9(15)7-12(13)16-14(17)18/h3-7H,2,8H2,1H3,(H,16,18). The van der Waals surface area contributed by atoms with E-state index in [1.165, 1.54) is 9.75 Å². The van der Waals surface area contributed by atoms with Gasteiger partial charge in [0.1, 0.15) is 0 Å². The molecule has 0 bridgehead atoms. The molecular formula is C14H13BrN2S2. The number of halogens is 1. The van der Waals surface area contributed by atoms with Crippen LogP contribution in [0.4, 0.5) is 0 Å². The highest BCUT2D eigenvalue weighted by Crippen LogP contribution is 2.23. The first-order valence-corrected chi connectivity index (χ1v) is 8.15. The molecule has 0 saturated carbocycles. The molecule has 1 N–H and O–H groups in total. The highest BCUT2D eigenvalue weighted by molar-refractivity contribution is 9.10. The van der Waals surface area contributed by atoms with Gasteiger partial charge in [0.05, 0.1) is 17.6 Å². The maximum Gasteiger partial charge on any atom is 0.178 e. The van der Waals surface area contributed by atoms with Crippen LogP contribution in [0.3, 0.4) is 0 Å². The van der Waals surface area contributed by atoms with Crippen LogP contribution in [0, 0.1) is 4.77 Å². The zero-order valence-electron chi connectivity index (χ0n) is 10.4. The first kappa shape index (κ1) is 13.1. The lowest BCUT2D eigenvalue weighted by molar-refractivity contribution is 0.823. The van der Waals surface area contributed by atoms with E-state index in [1.807, 2.05) is 17.4 Å². The molecule has 0 spiro atoms. The van der Waals surface area contributed by atoms with Gasteiger partial charge in [-0.25, -0.2) is 0 Å². The van der Waals surface area contributed by atoms with Gasteiger partial charge in [-0.1, -0.05) is 22.9 Å². The predicted octanol–water partition coefficient (Wildman–Crippen LogP) is 5.13. The van der Waals surface area contributed by atoms with Crippen molar-refractivity contribution in [1.82, 2.24) is 9.55 Å². The minimum atomic E-state index is 0.777. The number of nitrogens with zero attached hydrogens (tertiary/aromatic N) is 1.